The van der Waals surface area contributed by atoms with Crippen molar-refractivity contribution in [3.63, 3.8) is 0 Å². The number of carbonyl (C=O) groups excluding carboxylic acids is 1. The molecule has 2 fully saturated rings. The molecule has 3 rings (SSSR count). The van der Waals surface area contributed by atoms with Gasteiger partial charge in [0.1, 0.15) is 0 Å². The Kier molecular flexibility index (Phi) is 3.99. The van der Waals surface area contributed by atoms with E-state index in [1.807, 2.05) is 29.2 Å². The van der Waals surface area contributed by atoms with Crippen LogP contribution in [0.25, 0.3) is 0 Å². The van der Waals surface area contributed by atoms with E-state index in [9.17, 15) is 4.79 Å². The predicted octanol–water partition coefficient (Wildman–Crippen LogP) is 2.47. The lowest BCUT2D eigenvalue weighted by Gasteiger charge is -2.16. The zero-order chi connectivity index (χ0) is 14.1. The predicted molar refractivity (Wildman–Crippen MR) is 80.5 cm³/mol. The molecule has 3 nitrogen and oxygen atoms in total. The van der Waals surface area contributed by atoms with Crippen molar-refractivity contribution in [3.8, 4) is 0 Å². The average molecular weight is 293 g/mol. The number of carbonyl (C=O) groups is 1. The van der Waals surface area contributed by atoms with Crippen LogP contribution in [0.2, 0.25) is 5.02 Å². The minimum Gasteiger partial charge on any atom is -0.341 e. The standard InChI is InChI=1S/C16H21ClN2O/c17-13-3-1-2-11(8-13)4-7-16(20)19-9-14(12-5-6-12)15(18)10-19/h1-3,8,12,14-15H,4-7,9-10,18H2/t14-,15+/m1/s1. The second kappa shape index (κ2) is 5.74. The monoisotopic (exact) mass is 292 g/mol. The summed E-state index contributed by atoms with van der Waals surface area (Å²) < 4.78 is 0. The molecule has 1 aliphatic carbocycles. The molecule has 2 atom stereocenters. The molecule has 1 aromatic rings. The number of likely N-dealkylation sites (tertiary alicyclic amines) is 1. The lowest BCUT2D eigenvalue weighted by Crippen LogP contribution is -2.32. The van der Waals surface area contributed by atoms with Crippen LogP contribution in [-0.4, -0.2) is 29.9 Å². The Morgan fingerprint density at radius 1 is 1.35 bits per heavy atom. The van der Waals surface area contributed by atoms with Gasteiger partial charge in [-0.15, -0.1) is 0 Å². The number of halogens is 1. The summed E-state index contributed by atoms with van der Waals surface area (Å²) in [6.45, 7) is 1.59. The number of hydrogen-bond donors (Lipinski definition) is 1. The number of nitrogens with zero attached hydrogens (tertiary/aromatic N) is 1. The smallest absolute Gasteiger partial charge is 0.222 e. The van der Waals surface area contributed by atoms with E-state index >= 15 is 0 Å². The summed E-state index contributed by atoms with van der Waals surface area (Å²) >= 11 is 5.96. The number of rotatable bonds is 4. The van der Waals surface area contributed by atoms with Crippen LogP contribution in [0.3, 0.4) is 0 Å². The van der Waals surface area contributed by atoms with Gasteiger partial charge in [0.2, 0.25) is 5.91 Å². The molecule has 0 bridgehead atoms. The summed E-state index contributed by atoms with van der Waals surface area (Å²) in [5.74, 6) is 1.53. The van der Waals surface area contributed by atoms with Crippen molar-refractivity contribution >= 4 is 17.5 Å². The van der Waals surface area contributed by atoms with Gasteiger partial charge in [-0.1, -0.05) is 23.7 Å². The van der Waals surface area contributed by atoms with Crippen LogP contribution in [0.5, 0.6) is 0 Å². The normalized spacial score (nSPS) is 26.0. The quantitative estimate of drug-likeness (QED) is 0.927. The van der Waals surface area contributed by atoms with Gasteiger partial charge in [0.25, 0.3) is 0 Å². The highest BCUT2D eigenvalue weighted by molar-refractivity contribution is 6.30. The van der Waals surface area contributed by atoms with Crippen molar-refractivity contribution in [1.29, 1.82) is 0 Å². The fourth-order valence-electron chi connectivity index (χ4n) is 3.18. The molecule has 0 radical (unpaired) electrons. The fourth-order valence-corrected chi connectivity index (χ4v) is 3.40. The number of amides is 1. The Bertz CT molecular complexity index is 501. The van der Waals surface area contributed by atoms with Crippen molar-refractivity contribution in [2.24, 2.45) is 17.6 Å². The Balaban J connectivity index is 1.52. The molecule has 108 valence electrons. The molecule has 4 heteroatoms. The van der Waals surface area contributed by atoms with Crippen molar-refractivity contribution in [1.82, 2.24) is 4.90 Å². The Hall–Kier alpha value is -1.06. The Morgan fingerprint density at radius 3 is 2.85 bits per heavy atom. The second-order valence-electron chi connectivity index (χ2n) is 6.09. The molecule has 2 N–H and O–H groups in total. The van der Waals surface area contributed by atoms with Crippen LogP contribution in [0.1, 0.15) is 24.8 Å². The third kappa shape index (κ3) is 3.15. The van der Waals surface area contributed by atoms with Crippen LogP contribution in [0.4, 0.5) is 0 Å². The second-order valence-corrected chi connectivity index (χ2v) is 6.53. The Labute approximate surface area is 125 Å². The molecule has 2 aliphatic rings. The number of hydrogen-bond acceptors (Lipinski definition) is 2. The molecule has 1 aromatic carbocycles. The SMILES string of the molecule is N[C@H]1CN(C(=O)CCc2cccc(Cl)c2)C[C@@H]1C1CC1. The topological polar surface area (TPSA) is 46.3 Å². The molecule has 1 heterocycles. The first-order chi connectivity index (χ1) is 9.63. The molecule has 0 unspecified atom stereocenters. The molecule has 1 saturated carbocycles. The maximum absolute atomic E-state index is 12.3. The molecule has 20 heavy (non-hydrogen) atoms. The van der Waals surface area contributed by atoms with Crippen LogP contribution in [0.15, 0.2) is 24.3 Å². The molecule has 1 aliphatic heterocycles. The zero-order valence-corrected chi connectivity index (χ0v) is 12.4. The number of aryl methyl sites for hydroxylation is 1. The zero-order valence-electron chi connectivity index (χ0n) is 11.6. The summed E-state index contributed by atoms with van der Waals surface area (Å²) in [7, 11) is 0. The van der Waals surface area contributed by atoms with E-state index in [-0.39, 0.29) is 11.9 Å². The van der Waals surface area contributed by atoms with Gasteiger partial charge in [0.05, 0.1) is 0 Å². The molecular formula is C16H21ClN2O. The van der Waals surface area contributed by atoms with Crippen molar-refractivity contribution in [2.45, 2.75) is 31.7 Å². The molecular weight excluding hydrogens is 272 g/mol. The van der Waals surface area contributed by atoms with Crippen molar-refractivity contribution in [2.75, 3.05) is 13.1 Å². The summed E-state index contributed by atoms with van der Waals surface area (Å²) in [6, 6.07) is 7.90. The average Bonchev–Trinajstić information content (AvgIpc) is 3.19. The van der Waals surface area contributed by atoms with Crippen LogP contribution in [-0.2, 0) is 11.2 Å². The highest BCUT2D eigenvalue weighted by Crippen LogP contribution is 2.40. The molecule has 1 amide bonds. The van der Waals surface area contributed by atoms with E-state index < -0.39 is 0 Å². The van der Waals surface area contributed by atoms with E-state index in [2.05, 4.69) is 0 Å². The number of benzene rings is 1. The minimum absolute atomic E-state index is 0.178. The highest BCUT2D eigenvalue weighted by atomic mass is 35.5. The summed E-state index contributed by atoms with van der Waals surface area (Å²) in [5.41, 5.74) is 7.28. The summed E-state index contributed by atoms with van der Waals surface area (Å²) in [4.78, 5) is 14.2. The van der Waals surface area contributed by atoms with E-state index in [1.165, 1.54) is 12.8 Å². The van der Waals surface area contributed by atoms with E-state index in [0.717, 1.165) is 36.0 Å². The largest absolute Gasteiger partial charge is 0.341 e. The minimum atomic E-state index is 0.178. The van der Waals surface area contributed by atoms with Crippen LogP contribution >= 0.6 is 11.6 Å². The first-order valence-corrected chi connectivity index (χ1v) is 7.79. The highest BCUT2D eigenvalue weighted by Gasteiger charge is 2.41. The van der Waals surface area contributed by atoms with Gasteiger partial charge in [-0.3, -0.25) is 4.79 Å². The van der Waals surface area contributed by atoms with Gasteiger partial charge < -0.3 is 10.6 Å². The first-order valence-electron chi connectivity index (χ1n) is 7.41. The molecule has 1 saturated heterocycles. The molecule has 0 aromatic heterocycles. The molecule has 0 spiro atoms. The lowest BCUT2D eigenvalue weighted by molar-refractivity contribution is -0.130. The summed E-state index contributed by atoms with van der Waals surface area (Å²) in [5, 5.41) is 0.729. The maximum atomic E-state index is 12.3. The van der Waals surface area contributed by atoms with Gasteiger partial charge in [-0.25, -0.2) is 0 Å². The van der Waals surface area contributed by atoms with Gasteiger partial charge in [-0.2, -0.15) is 0 Å². The number of nitrogens with two attached hydrogens (primary N) is 1. The van der Waals surface area contributed by atoms with Gasteiger partial charge in [-0.05, 0) is 48.8 Å². The van der Waals surface area contributed by atoms with Gasteiger partial charge in [0.15, 0.2) is 0 Å². The van der Waals surface area contributed by atoms with E-state index in [1.54, 1.807) is 0 Å². The van der Waals surface area contributed by atoms with Crippen LogP contribution in [0, 0.1) is 11.8 Å². The fraction of sp³-hybridized carbons (Fsp3) is 0.562. The summed E-state index contributed by atoms with van der Waals surface area (Å²) in [6.07, 6.45) is 3.88. The first kappa shape index (κ1) is 13.9. The van der Waals surface area contributed by atoms with E-state index in [0.29, 0.717) is 12.3 Å². The lowest BCUT2D eigenvalue weighted by atomic mass is 9.99. The Morgan fingerprint density at radius 2 is 2.15 bits per heavy atom. The van der Waals surface area contributed by atoms with Crippen molar-refractivity contribution < 1.29 is 4.79 Å². The maximum Gasteiger partial charge on any atom is 0.222 e. The third-order valence-corrected chi connectivity index (χ3v) is 4.74. The van der Waals surface area contributed by atoms with Gasteiger partial charge in [0, 0.05) is 30.6 Å². The van der Waals surface area contributed by atoms with E-state index in [4.69, 9.17) is 17.3 Å². The van der Waals surface area contributed by atoms with Crippen LogP contribution < -0.4 is 5.73 Å². The third-order valence-electron chi connectivity index (χ3n) is 4.51. The van der Waals surface area contributed by atoms with Gasteiger partial charge >= 0.3 is 0 Å². The van der Waals surface area contributed by atoms with Crippen molar-refractivity contribution in [3.05, 3.63) is 34.9 Å².